The molecule has 0 saturated carbocycles. The molecule has 3 N–H and O–H groups in total. The molecule has 4 heterocycles. The molecule has 0 radical (unpaired) electrons. The lowest BCUT2D eigenvalue weighted by Crippen LogP contribution is -2.11. The number of aliphatic hydroxyl groups excluding tert-OH is 2. The molecule has 0 spiro atoms. The van der Waals surface area contributed by atoms with E-state index in [1.165, 1.54) is 28.0 Å². The summed E-state index contributed by atoms with van der Waals surface area (Å²) in [6.45, 7) is 13.8. The summed E-state index contributed by atoms with van der Waals surface area (Å²) in [5, 5.41) is 43.9. The van der Waals surface area contributed by atoms with Crippen LogP contribution in [0.2, 0.25) is 0 Å². The lowest BCUT2D eigenvalue weighted by Gasteiger charge is -2.16. The summed E-state index contributed by atoms with van der Waals surface area (Å²) >= 11 is 4.33. The molecule has 0 unspecified atom stereocenters. The van der Waals surface area contributed by atoms with E-state index in [-0.39, 0.29) is 32.6 Å². The highest BCUT2D eigenvalue weighted by atomic mass is 32.2. The van der Waals surface area contributed by atoms with E-state index in [0.29, 0.717) is 35.0 Å². The van der Waals surface area contributed by atoms with Gasteiger partial charge >= 0.3 is 5.97 Å². The van der Waals surface area contributed by atoms with Crippen LogP contribution in [0.3, 0.4) is 0 Å². The fourth-order valence-electron chi connectivity index (χ4n) is 4.23. The Morgan fingerprint density at radius 2 is 1.60 bits per heavy atom. The minimum absolute atomic E-state index is 0.0637. The first-order chi connectivity index (χ1) is 20.4. The van der Waals surface area contributed by atoms with Gasteiger partial charge in [-0.05, 0) is 0 Å². The molecule has 0 saturated heterocycles. The van der Waals surface area contributed by atoms with Crippen LogP contribution in [0.15, 0.2) is 59.8 Å². The Bertz CT molecular complexity index is 1990. The number of aliphatic hydroxyl groups is 2. The van der Waals surface area contributed by atoms with Crippen molar-refractivity contribution in [3.63, 3.8) is 0 Å². The second kappa shape index (κ2) is 11.2. The van der Waals surface area contributed by atoms with E-state index in [1.807, 2.05) is 30.3 Å². The van der Waals surface area contributed by atoms with Gasteiger partial charge in [0, 0.05) is 5.56 Å². The van der Waals surface area contributed by atoms with Crippen LogP contribution in [0.1, 0.15) is 5.56 Å². The second-order valence-electron chi connectivity index (χ2n) is 8.10. The zero-order valence-corrected chi connectivity index (χ0v) is 23.9. The minimum Gasteiger partial charge on any atom is -0.486 e. The number of fused-ring (bicyclic) bond motifs is 3. The summed E-state index contributed by atoms with van der Waals surface area (Å²) in [6.07, 6.45) is 0. The van der Waals surface area contributed by atoms with Crippen LogP contribution in [0.25, 0.3) is 31.0 Å². The summed E-state index contributed by atoms with van der Waals surface area (Å²) in [6, 6.07) is 11.3. The monoisotopic (exact) mass is 632 g/mol. The lowest BCUT2D eigenvalue weighted by molar-refractivity contribution is -0.132. The molecular formula is C26H12N6O6S4. The van der Waals surface area contributed by atoms with Crippen molar-refractivity contribution in [3.8, 4) is 29.0 Å². The minimum atomic E-state index is -1.39. The molecule has 4 aromatic rings. The number of aromatic nitrogens is 3. The molecule has 0 amide bonds. The first-order valence-electron chi connectivity index (χ1n) is 11.5. The SMILES string of the molecule is [C-]#[N+]C(C(=O)O)=C1Sc2c(OCO)c3c(c(OCO)c2S1)SC(=c1c([N+]#[C-])c(C#N)c2nc(-c4ccccc4)nn12)S3. The quantitative estimate of drug-likeness (QED) is 0.155. The van der Waals surface area contributed by atoms with Crippen LogP contribution in [0.4, 0.5) is 5.69 Å². The Kier molecular flexibility index (Phi) is 7.38. The van der Waals surface area contributed by atoms with Gasteiger partial charge in [-0.25, -0.2) is 19.2 Å². The second-order valence-corrected chi connectivity index (χ2v) is 12.7. The van der Waals surface area contributed by atoms with Crippen molar-refractivity contribution in [2.24, 2.45) is 0 Å². The molecule has 0 fully saturated rings. The predicted molar refractivity (Wildman–Crippen MR) is 155 cm³/mol. The highest BCUT2D eigenvalue weighted by molar-refractivity contribution is 8.32. The lowest BCUT2D eigenvalue weighted by atomic mass is 10.2. The Morgan fingerprint density at radius 3 is 2.10 bits per heavy atom. The Labute approximate surface area is 253 Å². The number of carboxylic acids is 1. The van der Waals surface area contributed by atoms with Crippen molar-refractivity contribution in [3.05, 3.63) is 74.0 Å². The van der Waals surface area contributed by atoms with Crippen LogP contribution >= 0.6 is 47.0 Å². The summed E-state index contributed by atoms with van der Waals surface area (Å²) in [7, 11) is 0. The predicted octanol–water partition coefficient (Wildman–Crippen LogP) is 4.53. The zero-order valence-electron chi connectivity index (χ0n) is 20.7. The smallest absolute Gasteiger partial charge is 0.335 e. The first kappa shape index (κ1) is 27.8. The van der Waals surface area contributed by atoms with Crippen molar-refractivity contribution < 1.29 is 29.6 Å². The van der Waals surface area contributed by atoms with Crippen LogP contribution in [-0.4, -0.2) is 49.5 Å². The van der Waals surface area contributed by atoms with Crippen molar-refractivity contribution in [2.45, 2.75) is 19.6 Å². The van der Waals surface area contributed by atoms with Crippen molar-refractivity contribution in [1.29, 1.82) is 5.26 Å². The van der Waals surface area contributed by atoms with Gasteiger partial charge in [-0.2, -0.15) is 5.26 Å². The van der Waals surface area contributed by atoms with Crippen molar-refractivity contribution in [2.75, 3.05) is 13.6 Å². The van der Waals surface area contributed by atoms with Gasteiger partial charge in [0.25, 0.3) is 5.70 Å². The standard InChI is InChI=1S/C26H12N6O6S4/c1-28-13-12(8-27)23-30-22(11-6-4-3-5-7-11)31-32(23)15(13)26-41-20-16(37-9-33)18-19(17(38-10-34)21(20)42-26)40-25(39-18)14(29-2)24(35)36/h3-7,33-34H,9-10H2,(H,35,36). The van der Waals surface area contributed by atoms with E-state index < -0.39 is 25.3 Å². The van der Waals surface area contributed by atoms with Crippen LogP contribution in [-0.2, 0) is 4.79 Å². The number of hydrogen-bond acceptors (Lipinski definition) is 12. The maximum Gasteiger partial charge on any atom is 0.335 e. The molecule has 0 aliphatic carbocycles. The van der Waals surface area contributed by atoms with Gasteiger partial charge in [0.05, 0.1) is 52.6 Å². The number of nitriles is 1. The van der Waals surface area contributed by atoms with Crippen LogP contribution < -0.4 is 14.8 Å². The zero-order chi connectivity index (χ0) is 29.5. The van der Waals surface area contributed by atoms with Gasteiger partial charge in [-0.3, -0.25) is 4.79 Å². The van der Waals surface area contributed by atoms with Gasteiger partial charge < -0.3 is 24.8 Å². The van der Waals surface area contributed by atoms with E-state index in [1.54, 1.807) is 0 Å². The highest BCUT2D eigenvalue weighted by Crippen LogP contribution is 2.68. The summed E-state index contributed by atoms with van der Waals surface area (Å²) in [5.74, 6) is -0.575. The van der Waals surface area contributed by atoms with Crippen LogP contribution in [0, 0.1) is 24.5 Å². The molecule has 42 heavy (non-hydrogen) atoms. The number of hydrogen-bond donors (Lipinski definition) is 3. The number of aliphatic carboxylic acids is 1. The topological polar surface area (TPSA) is 159 Å². The Hall–Kier alpha value is -4.34. The van der Waals surface area contributed by atoms with E-state index >= 15 is 0 Å². The number of ether oxygens (including phenoxy) is 2. The Morgan fingerprint density at radius 1 is 1.00 bits per heavy atom. The van der Waals surface area contributed by atoms with Gasteiger partial charge in [0.15, 0.2) is 36.6 Å². The maximum atomic E-state index is 11.7. The van der Waals surface area contributed by atoms with Crippen molar-refractivity contribution >= 4 is 68.6 Å². The molecule has 2 aliphatic heterocycles. The molecular weight excluding hydrogens is 621 g/mol. The largest absolute Gasteiger partial charge is 0.486 e. The third kappa shape index (κ3) is 4.31. The van der Waals surface area contributed by atoms with Crippen molar-refractivity contribution in [1.82, 2.24) is 14.6 Å². The number of carboxylic acid groups (broad SMARTS) is 1. The highest BCUT2D eigenvalue weighted by Gasteiger charge is 2.39. The normalized spacial score (nSPS) is 13.3. The molecule has 2 aromatic heterocycles. The average Bonchev–Trinajstić information content (AvgIpc) is 3.77. The third-order valence-corrected chi connectivity index (χ3v) is 11.0. The first-order valence-corrected chi connectivity index (χ1v) is 14.8. The fourth-order valence-corrected chi connectivity index (χ4v) is 9.71. The number of benzene rings is 2. The molecule has 2 aliphatic rings. The van der Waals surface area contributed by atoms with Gasteiger partial charge in [-0.15, -0.1) is 5.10 Å². The van der Waals surface area contributed by atoms with E-state index in [2.05, 4.69) is 25.8 Å². The molecule has 206 valence electrons. The van der Waals surface area contributed by atoms with E-state index in [0.717, 1.165) is 29.1 Å². The molecule has 0 atom stereocenters. The number of rotatable bonds is 6. The number of nitrogens with zero attached hydrogens (tertiary/aromatic N) is 6. The molecule has 16 heteroatoms. The number of thioether (sulfide) groups is 4. The third-order valence-electron chi connectivity index (χ3n) is 5.89. The summed E-state index contributed by atoms with van der Waals surface area (Å²) in [5.41, 5.74) is 0.608. The van der Waals surface area contributed by atoms with Gasteiger partial charge in [0.1, 0.15) is 5.56 Å². The van der Waals surface area contributed by atoms with E-state index in [9.17, 15) is 25.4 Å². The van der Waals surface area contributed by atoms with Gasteiger partial charge in [0.2, 0.25) is 5.69 Å². The maximum absolute atomic E-state index is 11.7. The average molecular weight is 633 g/mol. The van der Waals surface area contributed by atoms with Crippen LogP contribution in [0.5, 0.6) is 11.5 Å². The Balaban J connectivity index is 1.60. The fraction of sp³-hybridized carbons (Fsp3) is 0.0769. The molecule has 0 bridgehead atoms. The number of carbonyl (C=O) groups is 1. The molecule has 2 aromatic carbocycles. The molecule has 12 nitrogen and oxygen atoms in total. The van der Waals surface area contributed by atoms with E-state index in [4.69, 9.17) is 22.6 Å². The van der Waals surface area contributed by atoms with Gasteiger partial charge in [-0.1, -0.05) is 77.4 Å². The summed E-state index contributed by atoms with van der Waals surface area (Å²) < 4.78 is 13.4. The molecule has 6 rings (SSSR count). The summed E-state index contributed by atoms with van der Waals surface area (Å²) in [4.78, 5) is 24.8.